The third-order valence-electron chi connectivity index (χ3n) is 15.1. The van der Waals surface area contributed by atoms with Gasteiger partial charge in [-0.1, -0.05) is 170 Å². The average molecular weight is 1080 g/mol. The summed E-state index contributed by atoms with van der Waals surface area (Å²) in [4.78, 5) is 0. The van der Waals surface area contributed by atoms with Gasteiger partial charge < -0.3 is 18.3 Å². The van der Waals surface area contributed by atoms with E-state index in [9.17, 15) is 0 Å². The van der Waals surface area contributed by atoms with E-state index in [1.54, 1.807) is 0 Å². The topological polar surface area (TPSA) is 36.9 Å². The minimum Gasteiger partial charge on any atom is -0.544 e. The van der Waals surface area contributed by atoms with E-state index in [0.29, 0.717) is 0 Å². The second-order valence-electron chi connectivity index (χ2n) is 27.9. The molecule has 8 aromatic rings. The summed E-state index contributed by atoms with van der Waals surface area (Å²) in [7, 11) is -0.423. The van der Waals surface area contributed by atoms with Crippen LogP contribution in [0.1, 0.15) is 130 Å². The monoisotopic (exact) mass is 1070 g/mol. The summed E-state index contributed by atoms with van der Waals surface area (Å²) >= 11 is 0. The first-order valence-electron chi connectivity index (χ1n) is 28.5. The molecule has 0 amide bonds. The van der Waals surface area contributed by atoms with Crippen molar-refractivity contribution in [3.63, 3.8) is 0 Å². The molecule has 0 unspecified atom stereocenters. The fraction of sp³-hybridized carbons (Fsp3) is 0.389. The van der Waals surface area contributed by atoms with Crippen LogP contribution in [0.15, 0.2) is 121 Å². The Morgan fingerprint density at radius 2 is 0.615 bits per heavy atom. The van der Waals surface area contributed by atoms with Gasteiger partial charge in [0, 0.05) is 22.3 Å². The SMILES string of the molecule is CCc1ccc(-c2ccc3c(-c4c(OC)c(-c5cc(C(C)(C)C)c(O[Si](C)(C)C)c(C(C)(C)C)c5)cc5cc(-c6ccc(CC)cc6)ccc45)c(OC)c(-c4cc(C(C)(C)C)c(O[Si](C)(C)C)c(C(C)(C)C)c4)cc3c2)cc1. The molecule has 410 valence electrons. The first kappa shape index (κ1) is 58.1. The largest absolute Gasteiger partial charge is 0.544 e. The minimum atomic E-state index is -2.05. The molecule has 0 bridgehead atoms. The molecule has 0 radical (unpaired) electrons. The van der Waals surface area contributed by atoms with E-state index in [2.05, 4.69) is 258 Å². The summed E-state index contributed by atoms with van der Waals surface area (Å²) in [5, 5.41) is 4.38. The number of ether oxygens (including phenoxy) is 2. The second kappa shape index (κ2) is 21.2. The first-order chi connectivity index (χ1) is 36.2. The van der Waals surface area contributed by atoms with Gasteiger partial charge in [0.25, 0.3) is 0 Å². The number of hydrogen-bond donors (Lipinski definition) is 0. The van der Waals surface area contributed by atoms with Crippen LogP contribution in [-0.4, -0.2) is 30.9 Å². The fourth-order valence-corrected chi connectivity index (χ4v) is 12.6. The van der Waals surface area contributed by atoms with E-state index in [0.717, 1.165) is 102 Å². The van der Waals surface area contributed by atoms with Crippen LogP contribution in [0, 0.1) is 0 Å². The molecule has 0 aliphatic rings. The molecular weight excluding hydrogens is 985 g/mol. The van der Waals surface area contributed by atoms with E-state index in [-0.39, 0.29) is 21.7 Å². The number of methoxy groups -OCH3 is 2. The normalized spacial score (nSPS) is 12.8. The van der Waals surface area contributed by atoms with Gasteiger partial charge in [-0.15, -0.1) is 0 Å². The second-order valence-corrected chi connectivity index (χ2v) is 36.7. The van der Waals surface area contributed by atoms with E-state index in [1.165, 1.54) is 44.5 Å². The summed E-state index contributed by atoms with van der Waals surface area (Å²) in [6, 6.07) is 46.3. The van der Waals surface area contributed by atoms with Crippen molar-refractivity contribution in [1.82, 2.24) is 0 Å². The van der Waals surface area contributed by atoms with Gasteiger partial charge >= 0.3 is 0 Å². The number of aryl methyl sites for hydroxylation is 2. The van der Waals surface area contributed by atoms with Crippen LogP contribution in [0.5, 0.6) is 23.0 Å². The Morgan fingerprint density at radius 1 is 0.333 bits per heavy atom. The van der Waals surface area contributed by atoms with Crippen molar-refractivity contribution in [3.8, 4) is 78.6 Å². The van der Waals surface area contributed by atoms with Crippen molar-refractivity contribution in [2.75, 3.05) is 14.2 Å². The van der Waals surface area contributed by atoms with Gasteiger partial charge in [-0.25, -0.2) is 0 Å². The Kier molecular flexibility index (Phi) is 15.8. The molecule has 78 heavy (non-hydrogen) atoms. The molecule has 4 nitrogen and oxygen atoms in total. The lowest BCUT2D eigenvalue weighted by atomic mass is 9.76. The summed E-state index contributed by atoms with van der Waals surface area (Å²) in [5.41, 5.74) is 17.3. The molecule has 0 heterocycles. The lowest BCUT2D eigenvalue weighted by Gasteiger charge is -2.34. The highest BCUT2D eigenvalue weighted by molar-refractivity contribution is 6.70. The highest BCUT2D eigenvalue weighted by Gasteiger charge is 2.35. The average Bonchev–Trinajstić information content (AvgIpc) is 3.49. The van der Waals surface area contributed by atoms with Crippen LogP contribution < -0.4 is 18.3 Å². The Balaban J connectivity index is 1.60. The lowest BCUT2D eigenvalue weighted by Crippen LogP contribution is -2.32. The molecule has 0 spiro atoms. The summed E-state index contributed by atoms with van der Waals surface area (Å²) in [6.45, 7) is 45.8. The van der Waals surface area contributed by atoms with Crippen LogP contribution in [0.3, 0.4) is 0 Å². The van der Waals surface area contributed by atoms with Gasteiger partial charge in [-0.3, -0.25) is 0 Å². The zero-order valence-electron chi connectivity index (χ0n) is 51.6. The van der Waals surface area contributed by atoms with Gasteiger partial charge in [0.2, 0.25) is 16.6 Å². The number of fused-ring (bicyclic) bond motifs is 2. The zero-order chi connectivity index (χ0) is 57.2. The smallest absolute Gasteiger partial charge is 0.242 e. The molecule has 0 aliphatic heterocycles. The van der Waals surface area contributed by atoms with Crippen LogP contribution >= 0.6 is 0 Å². The Morgan fingerprint density at radius 3 is 0.859 bits per heavy atom. The predicted octanol–water partition coefficient (Wildman–Crippen LogP) is 21.1. The van der Waals surface area contributed by atoms with Crippen molar-refractivity contribution < 1.29 is 18.3 Å². The molecule has 8 rings (SSSR count). The van der Waals surface area contributed by atoms with Gasteiger partial charge in [0.1, 0.15) is 23.0 Å². The van der Waals surface area contributed by atoms with Crippen LogP contribution in [-0.2, 0) is 34.5 Å². The fourth-order valence-electron chi connectivity index (χ4n) is 11.0. The quantitative estimate of drug-likeness (QED) is 0.108. The van der Waals surface area contributed by atoms with Crippen molar-refractivity contribution in [2.24, 2.45) is 0 Å². The maximum atomic E-state index is 7.17. The van der Waals surface area contributed by atoms with Gasteiger partial charge in [-0.2, -0.15) is 0 Å². The molecule has 0 atom stereocenters. The van der Waals surface area contributed by atoms with Crippen molar-refractivity contribution in [3.05, 3.63) is 155 Å². The molecule has 6 heteroatoms. The number of benzene rings is 8. The van der Waals surface area contributed by atoms with Crippen LogP contribution in [0.25, 0.3) is 77.2 Å². The molecule has 0 saturated carbocycles. The minimum absolute atomic E-state index is 0.231. The van der Waals surface area contributed by atoms with Crippen LogP contribution in [0.2, 0.25) is 39.3 Å². The maximum absolute atomic E-state index is 7.17. The van der Waals surface area contributed by atoms with E-state index >= 15 is 0 Å². The van der Waals surface area contributed by atoms with Gasteiger partial charge in [0.15, 0.2) is 0 Å². The Bertz CT molecular complexity index is 3220. The van der Waals surface area contributed by atoms with E-state index < -0.39 is 16.6 Å². The molecule has 0 N–H and O–H groups in total. The predicted molar refractivity (Wildman–Crippen MR) is 343 cm³/mol. The zero-order valence-corrected chi connectivity index (χ0v) is 53.6. The third kappa shape index (κ3) is 12.1. The van der Waals surface area contributed by atoms with Crippen LogP contribution in [0.4, 0.5) is 0 Å². The van der Waals surface area contributed by atoms with E-state index in [1.807, 2.05) is 14.2 Å². The van der Waals surface area contributed by atoms with Crippen molar-refractivity contribution >= 4 is 38.2 Å². The summed E-state index contributed by atoms with van der Waals surface area (Å²) < 4.78 is 28.3. The maximum Gasteiger partial charge on any atom is 0.242 e. The van der Waals surface area contributed by atoms with Crippen molar-refractivity contribution in [2.45, 2.75) is 171 Å². The van der Waals surface area contributed by atoms with Gasteiger partial charge in [-0.05, 0) is 211 Å². The molecule has 0 aliphatic carbocycles. The number of rotatable bonds is 13. The van der Waals surface area contributed by atoms with Crippen molar-refractivity contribution in [1.29, 1.82) is 0 Å². The Hall–Kier alpha value is -6.09. The summed E-state index contributed by atoms with van der Waals surface area (Å²) in [6.07, 6.45) is 1.98. The number of hydrogen-bond acceptors (Lipinski definition) is 4. The Labute approximate surface area is 472 Å². The molecule has 0 fully saturated rings. The highest BCUT2D eigenvalue weighted by Crippen LogP contribution is 2.55. The van der Waals surface area contributed by atoms with E-state index in [4.69, 9.17) is 18.3 Å². The standard InChI is InChI=1S/C72H90O4Si2/c1-23-45-25-29-47(30-26-45)49-33-35-55-51(37-49)39-57(53-41-59(69(3,4)5)67(75-77(17,18)19)60(42-53)70(6,7)8)65(73-15)63(55)64-56-36-34-50(48-31-27-46(24-2)28-32-48)38-52(56)40-58(66(64)74-16)54-43-61(71(9,10)11)68(76-78(20,21)22)62(44-54)72(12,13)14/h25-44H,23-24H2,1-22H3. The van der Waals surface area contributed by atoms with Gasteiger partial charge in [0.05, 0.1) is 14.2 Å². The molecular formula is C72H90O4Si2. The highest BCUT2D eigenvalue weighted by atomic mass is 28.4. The summed E-state index contributed by atoms with van der Waals surface area (Å²) in [5.74, 6) is 3.62. The first-order valence-corrected chi connectivity index (χ1v) is 35.3. The third-order valence-corrected chi connectivity index (χ3v) is 16.7. The molecule has 0 saturated heterocycles. The lowest BCUT2D eigenvalue weighted by molar-refractivity contribution is 0.412. The molecule has 8 aromatic carbocycles. The molecule has 0 aromatic heterocycles.